The molecule has 1 amide bonds. The van der Waals surface area contributed by atoms with Crippen LogP contribution in [0.15, 0.2) is 0 Å². The third-order valence-corrected chi connectivity index (χ3v) is 2.75. The number of carbonyl (C=O) groups excluding carboxylic acids is 1. The fourth-order valence-corrected chi connectivity index (χ4v) is 1.50. The van der Waals surface area contributed by atoms with Crippen LogP contribution in [0.4, 0.5) is 0 Å². The highest BCUT2D eigenvalue weighted by Crippen LogP contribution is 2.28. The van der Waals surface area contributed by atoms with E-state index in [4.69, 9.17) is 0 Å². The van der Waals surface area contributed by atoms with E-state index in [1.54, 1.807) is 14.1 Å². The molecule has 1 fully saturated rings. The highest BCUT2D eigenvalue weighted by molar-refractivity contribution is 5.45. The third kappa shape index (κ3) is 6.62. The van der Waals surface area contributed by atoms with Crippen LogP contribution in [0.5, 0.6) is 0 Å². The lowest BCUT2D eigenvalue weighted by Crippen LogP contribution is -2.12. The van der Waals surface area contributed by atoms with Crippen molar-refractivity contribution in [3.63, 3.8) is 0 Å². The molecule has 2 heteroatoms. The Labute approximate surface area is 82.3 Å². The minimum atomic E-state index is 0.750. The summed E-state index contributed by atoms with van der Waals surface area (Å²) in [5.74, 6) is 2.01. The van der Waals surface area contributed by atoms with E-state index in [1.807, 2.05) is 0 Å². The van der Waals surface area contributed by atoms with Gasteiger partial charge in [-0.25, -0.2) is 0 Å². The lowest BCUT2D eigenvalue weighted by atomic mass is 9.82. The van der Waals surface area contributed by atoms with E-state index in [0.29, 0.717) is 0 Å². The monoisotopic (exact) mass is 185 g/mol. The first-order valence-corrected chi connectivity index (χ1v) is 5.19. The molecule has 0 radical (unpaired) electrons. The third-order valence-electron chi connectivity index (χ3n) is 2.75. The van der Waals surface area contributed by atoms with Crippen molar-refractivity contribution in [3.05, 3.63) is 0 Å². The molecule has 0 aromatic heterocycles. The van der Waals surface area contributed by atoms with Crippen molar-refractivity contribution in [3.8, 4) is 0 Å². The summed E-state index contributed by atoms with van der Waals surface area (Å²) < 4.78 is 0. The maximum absolute atomic E-state index is 9.43. The summed E-state index contributed by atoms with van der Waals surface area (Å²) in [7, 11) is 3.38. The van der Waals surface area contributed by atoms with Crippen LogP contribution < -0.4 is 0 Å². The van der Waals surface area contributed by atoms with Crippen molar-refractivity contribution in [2.45, 2.75) is 39.5 Å². The van der Waals surface area contributed by atoms with Gasteiger partial charge >= 0.3 is 0 Å². The quantitative estimate of drug-likeness (QED) is 0.575. The van der Waals surface area contributed by atoms with Gasteiger partial charge in [0, 0.05) is 14.1 Å². The van der Waals surface area contributed by atoms with E-state index >= 15 is 0 Å². The minimum Gasteiger partial charge on any atom is -0.351 e. The van der Waals surface area contributed by atoms with Gasteiger partial charge < -0.3 is 4.90 Å². The van der Waals surface area contributed by atoms with Crippen LogP contribution >= 0.6 is 0 Å². The maximum atomic E-state index is 9.43. The summed E-state index contributed by atoms with van der Waals surface area (Å²) in [5.41, 5.74) is 0. The second-order valence-electron chi connectivity index (χ2n) is 4.31. The predicted molar refractivity (Wildman–Crippen MR) is 56.5 cm³/mol. The Morgan fingerprint density at radius 2 is 1.38 bits per heavy atom. The zero-order valence-electron chi connectivity index (χ0n) is 9.42. The fourth-order valence-electron chi connectivity index (χ4n) is 1.50. The second-order valence-corrected chi connectivity index (χ2v) is 4.31. The molecule has 2 unspecified atom stereocenters. The summed E-state index contributed by atoms with van der Waals surface area (Å²) in [6.45, 7) is 4.76. The van der Waals surface area contributed by atoms with E-state index in [0.717, 1.165) is 18.2 Å². The molecule has 0 spiro atoms. The molecule has 0 aromatic rings. The van der Waals surface area contributed by atoms with Gasteiger partial charge in [-0.3, -0.25) is 4.79 Å². The molecular weight excluding hydrogens is 162 g/mol. The molecule has 0 saturated heterocycles. The highest BCUT2D eigenvalue weighted by atomic mass is 16.1. The van der Waals surface area contributed by atoms with E-state index in [2.05, 4.69) is 13.8 Å². The van der Waals surface area contributed by atoms with Gasteiger partial charge in [-0.15, -0.1) is 0 Å². The number of nitrogens with zero attached hydrogens (tertiary/aromatic N) is 1. The molecule has 1 rings (SSSR count). The summed E-state index contributed by atoms with van der Waals surface area (Å²) in [4.78, 5) is 10.9. The molecule has 0 bridgehead atoms. The van der Waals surface area contributed by atoms with Gasteiger partial charge in [0.25, 0.3) is 0 Å². The molecule has 1 aliphatic carbocycles. The van der Waals surface area contributed by atoms with Gasteiger partial charge in [-0.05, 0) is 11.8 Å². The zero-order valence-corrected chi connectivity index (χ0v) is 9.42. The van der Waals surface area contributed by atoms with Gasteiger partial charge in [0.05, 0.1) is 0 Å². The number of hydrogen-bond acceptors (Lipinski definition) is 1. The van der Waals surface area contributed by atoms with Crippen molar-refractivity contribution < 1.29 is 4.79 Å². The van der Waals surface area contributed by atoms with Crippen molar-refractivity contribution in [1.82, 2.24) is 4.90 Å². The normalized spacial score (nSPS) is 27.1. The second kappa shape index (κ2) is 6.93. The van der Waals surface area contributed by atoms with Gasteiger partial charge in [0.1, 0.15) is 0 Å². The van der Waals surface area contributed by atoms with Crippen LogP contribution in [0.1, 0.15) is 39.5 Å². The van der Waals surface area contributed by atoms with Crippen LogP contribution in [0.2, 0.25) is 0 Å². The average Bonchev–Trinajstić information content (AvgIpc) is 2.11. The molecule has 0 aliphatic heterocycles. The van der Waals surface area contributed by atoms with Gasteiger partial charge in [0.15, 0.2) is 0 Å². The van der Waals surface area contributed by atoms with Gasteiger partial charge in [-0.2, -0.15) is 0 Å². The SMILES string of the molecule is CC1CCCCC1C.CN(C)C=O. The van der Waals surface area contributed by atoms with Crippen molar-refractivity contribution in [1.29, 1.82) is 0 Å². The summed E-state index contributed by atoms with van der Waals surface area (Å²) in [5, 5.41) is 0. The van der Waals surface area contributed by atoms with Crippen LogP contribution in [0.25, 0.3) is 0 Å². The molecule has 78 valence electrons. The smallest absolute Gasteiger partial charge is 0.209 e. The molecule has 2 nitrogen and oxygen atoms in total. The first kappa shape index (κ1) is 12.5. The first-order chi connectivity index (χ1) is 6.07. The van der Waals surface area contributed by atoms with Crippen LogP contribution in [0, 0.1) is 11.8 Å². The maximum Gasteiger partial charge on any atom is 0.209 e. The Morgan fingerprint density at radius 3 is 1.54 bits per heavy atom. The summed E-state index contributed by atoms with van der Waals surface area (Å²) in [6, 6.07) is 0. The molecule has 0 aromatic carbocycles. The Balaban J connectivity index is 0.000000252. The molecule has 13 heavy (non-hydrogen) atoms. The van der Waals surface area contributed by atoms with Crippen molar-refractivity contribution in [2.75, 3.05) is 14.1 Å². The average molecular weight is 185 g/mol. The highest BCUT2D eigenvalue weighted by Gasteiger charge is 2.15. The summed E-state index contributed by atoms with van der Waals surface area (Å²) in [6.07, 6.45) is 6.65. The molecule has 0 heterocycles. The summed E-state index contributed by atoms with van der Waals surface area (Å²) >= 11 is 0. The minimum absolute atomic E-state index is 0.750. The van der Waals surface area contributed by atoms with Crippen LogP contribution in [0.3, 0.4) is 0 Å². The number of rotatable bonds is 1. The first-order valence-electron chi connectivity index (χ1n) is 5.19. The van der Waals surface area contributed by atoms with Gasteiger partial charge in [-0.1, -0.05) is 39.5 Å². The topological polar surface area (TPSA) is 20.3 Å². The van der Waals surface area contributed by atoms with Crippen molar-refractivity contribution >= 4 is 6.41 Å². The number of hydrogen-bond donors (Lipinski definition) is 0. The van der Waals surface area contributed by atoms with E-state index in [1.165, 1.54) is 30.6 Å². The van der Waals surface area contributed by atoms with Crippen LogP contribution in [-0.2, 0) is 4.79 Å². The standard InChI is InChI=1S/C8H16.C3H7NO/c1-7-5-3-4-6-8(7)2;1-4(2)3-5/h7-8H,3-6H2,1-2H3;3H,1-2H3. The molecule has 1 aliphatic rings. The lowest BCUT2D eigenvalue weighted by molar-refractivity contribution is -0.115. The predicted octanol–water partition coefficient (Wildman–Crippen LogP) is 2.54. The van der Waals surface area contributed by atoms with Gasteiger partial charge in [0.2, 0.25) is 6.41 Å². The molecule has 0 N–H and O–H groups in total. The Hall–Kier alpha value is -0.530. The zero-order chi connectivity index (χ0) is 10.3. The lowest BCUT2D eigenvalue weighted by Gasteiger charge is -2.24. The number of amides is 1. The Kier molecular flexibility index (Phi) is 6.65. The molecule has 1 saturated carbocycles. The Bertz CT molecular complexity index is 124. The molecular formula is C11H23NO. The van der Waals surface area contributed by atoms with Crippen LogP contribution in [-0.4, -0.2) is 25.4 Å². The van der Waals surface area contributed by atoms with E-state index < -0.39 is 0 Å². The van der Waals surface area contributed by atoms with Crippen molar-refractivity contribution in [2.24, 2.45) is 11.8 Å². The fraction of sp³-hybridized carbons (Fsp3) is 0.909. The number of carbonyl (C=O) groups is 1. The van der Waals surface area contributed by atoms with E-state index in [-0.39, 0.29) is 0 Å². The molecule has 2 atom stereocenters. The largest absolute Gasteiger partial charge is 0.351 e. The van der Waals surface area contributed by atoms with E-state index in [9.17, 15) is 4.79 Å². The Morgan fingerprint density at radius 1 is 1.08 bits per heavy atom.